The van der Waals surface area contributed by atoms with Crippen LogP contribution in [0, 0.1) is 13.8 Å². The van der Waals surface area contributed by atoms with E-state index in [1.165, 1.54) is 11.1 Å². The van der Waals surface area contributed by atoms with E-state index in [4.69, 9.17) is 10.5 Å². The Morgan fingerprint density at radius 3 is 2.65 bits per heavy atom. The van der Waals surface area contributed by atoms with Crippen molar-refractivity contribution < 1.29 is 4.74 Å². The summed E-state index contributed by atoms with van der Waals surface area (Å²) in [6, 6.07) is 6.61. The summed E-state index contributed by atoms with van der Waals surface area (Å²) in [6.07, 6.45) is 1.11. The molecule has 1 atom stereocenters. The van der Waals surface area contributed by atoms with E-state index in [2.05, 4.69) is 36.9 Å². The molecule has 1 saturated heterocycles. The van der Waals surface area contributed by atoms with Gasteiger partial charge in [0.25, 0.3) is 0 Å². The third-order valence-electron chi connectivity index (χ3n) is 3.37. The lowest BCUT2D eigenvalue weighted by Crippen LogP contribution is -2.29. The molecular weight excluding hydrogens is 212 g/mol. The number of benzene rings is 1. The highest BCUT2D eigenvalue weighted by Gasteiger charge is 2.18. The molecule has 0 radical (unpaired) electrons. The van der Waals surface area contributed by atoms with Crippen LogP contribution in [-0.4, -0.2) is 37.2 Å². The standard InChI is InChI=1S/C14H22N2O/c1-11-4-3-5-12(2)14(11)17-9-8-16-7-6-13(15)10-16/h3-5,13H,6-10,15H2,1-2H3. The van der Waals surface area contributed by atoms with E-state index in [1.54, 1.807) is 0 Å². The molecule has 0 aliphatic carbocycles. The van der Waals surface area contributed by atoms with E-state index in [-0.39, 0.29) is 0 Å². The Kier molecular flexibility index (Phi) is 4.02. The lowest BCUT2D eigenvalue weighted by Gasteiger charge is -2.17. The first-order valence-corrected chi connectivity index (χ1v) is 6.34. The molecule has 3 nitrogen and oxygen atoms in total. The van der Waals surface area contributed by atoms with Crippen LogP contribution < -0.4 is 10.5 Å². The summed E-state index contributed by atoms with van der Waals surface area (Å²) < 4.78 is 5.88. The van der Waals surface area contributed by atoms with Gasteiger partial charge in [0.1, 0.15) is 12.4 Å². The van der Waals surface area contributed by atoms with Gasteiger partial charge in [-0.1, -0.05) is 18.2 Å². The predicted octanol–water partition coefficient (Wildman–Crippen LogP) is 1.72. The maximum Gasteiger partial charge on any atom is 0.125 e. The molecule has 1 heterocycles. The molecule has 0 spiro atoms. The van der Waals surface area contributed by atoms with Crippen LogP contribution in [0.5, 0.6) is 5.75 Å². The van der Waals surface area contributed by atoms with Crippen LogP contribution in [0.1, 0.15) is 17.5 Å². The van der Waals surface area contributed by atoms with Gasteiger partial charge in [-0.25, -0.2) is 0 Å². The van der Waals surface area contributed by atoms with Crippen LogP contribution in [0.3, 0.4) is 0 Å². The smallest absolute Gasteiger partial charge is 0.125 e. The van der Waals surface area contributed by atoms with Crippen molar-refractivity contribution in [3.63, 3.8) is 0 Å². The van der Waals surface area contributed by atoms with Gasteiger partial charge in [0.15, 0.2) is 0 Å². The minimum atomic E-state index is 0.357. The normalized spacial score (nSPS) is 20.8. The van der Waals surface area contributed by atoms with E-state index in [9.17, 15) is 0 Å². The zero-order valence-electron chi connectivity index (χ0n) is 10.8. The van der Waals surface area contributed by atoms with E-state index < -0.39 is 0 Å². The van der Waals surface area contributed by atoms with Gasteiger partial charge in [-0.15, -0.1) is 0 Å². The zero-order valence-corrected chi connectivity index (χ0v) is 10.8. The van der Waals surface area contributed by atoms with Crippen molar-refractivity contribution in [2.24, 2.45) is 5.73 Å². The molecular formula is C14H22N2O. The number of rotatable bonds is 4. The minimum absolute atomic E-state index is 0.357. The van der Waals surface area contributed by atoms with Gasteiger partial charge in [0.2, 0.25) is 0 Å². The van der Waals surface area contributed by atoms with Gasteiger partial charge in [-0.05, 0) is 37.9 Å². The Morgan fingerprint density at radius 2 is 2.06 bits per heavy atom. The van der Waals surface area contributed by atoms with E-state index in [0.29, 0.717) is 6.04 Å². The molecule has 3 heteroatoms. The second kappa shape index (κ2) is 5.52. The molecule has 1 aromatic carbocycles. The summed E-state index contributed by atoms with van der Waals surface area (Å²) in [7, 11) is 0. The highest BCUT2D eigenvalue weighted by atomic mass is 16.5. The molecule has 1 unspecified atom stereocenters. The van der Waals surface area contributed by atoms with Crippen molar-refractivity contribution >= 4 is 0 Å². The van der Waals surface area contributed by atoms with Gasteiger partial charge < -0.3 is 10.5 Å². The molecule has 2 rings (SSSR count). The molecule has 0 aromatic heterocycles. The Labute approximate surface area is 104 Å². The van der Waals surface area contributed by atoms with Crippen molar-refractivity contribution in [2.45, 2.75) is 26.3 Å². The number of nitrogens with zero attached hydrogens (tertiary/aromatic N) is 1. The average molecular weight is 234 g/mol. The van der Waals surface area contributed by atoms with Gasteiger partial charge in [-0.2, -0.15) is 0 Å². The number of hydrogen-bond acceptors (Lipinski definition) is 3. The predicted molar refractivity (Wildman–Crippen MR) is 70.4 cm³/mol. The number of hydrogen-bond donors (Lipinski definition) is 1. The molecule has 2 N–H and O–H groups in total. The van der Waals surface area contributed by atoms with Crippen molar-refractivity contribution in [3.8, 4) is 5.75 Å². The fourth-order valence-electron chi connectivity index (χ4n) is 2.37. The summed E-state index contributed by atoms with van der Waals surface area (Å²) in [4.78, 5) is 2.37. The van der Waals surface area contributed by atoms with E-state index in [0.717, 1.165) is 38.4 Å². The largest absolute Gasteiger partial charge is 0.492 e. The van der Waals surface area contributed by atoms with Gasteiger partial charge in [0.05, 0.1) is 0 Å². The topological polar surface area (TPSA) is 38.5 Å². The maximum absolute atomic E-state index is 5.88. The third kappa shape index (κ3) is 3.20. The fraction of sp³-hybridized carbons (Fsp3) is 0.571. The summed E-state index contributed by atoms with van der Waals surface area (Å²) in [5.41, 5.74) is 8.30. The van der Waals surface area contributed by atoms with Crippen LogP contribution in [0.4, 0.5) is 0 Å². The number of aryl methyl sites for hydroxylation is 2. The van der Waals surface area contributed by atoms with E-state index in [1.807, 2.05) is 0 Å². The molecule has 1 aromatic rings. The first-order valence-electron chi connectivity index (χ1n) is 6.34. The van der Waals surface area contributed by atoms with Crippen LogP contribution in [-0.2, 0) is 0 Å². The molecule has 0 bridgehead atoms. The van der Waals surface area contributed by atoms with Gasteiger partial charge in [-0.3, -0.25) is 4.90 Å². The molecule has 1 aliphatic heterocycles. The molecule has 1 fully saturated rings. The fourth-order valence-corrected chi connectivity index (χ4v) is 2.37. The van der Waals surface area contributed by atoms with Crippen LogP contribution in [0.15, 0.2) is 18.2 Å². The Morgan fingerprint density at radius 1 is 1.35 bits per heavy atom. The van der Waals surface area contributed by atoms with Gasteiger partial charge in [0, 0.05) is 19.1 Å². The Bertz CT molecular complexity index is 358. The van der Waals surface area contributed by atoms with Gasteiger partial charge >= 0.3 is 0 Å². The SMILES string of the molecule is Cc1cccc(C)c1OCCN1CCC(N)C1. The molecule has 17 heavy (non-hydrogen) atoms. The van der Waals surface area contributed by atoms with Crippen molar-refractivity contribution in [1.29, 1.82) is 0 Å². The lowest BCUT2D eigenvalue weighted by atomic mass is 10.1. The number of likely N-dealkylation sites (tertiary alicyclic amines) is 1. The van der Waals surface area contributed by atoms with Crippen molar-refractivity contribution in [2.75, 3.05) is 26.2 Å². The molecule has 0 saturated carbocycles. The van der Waals surface area contributed by atoms with Crippen LogP contribution in [0.2, 0.25) is 0 Å². The number of ether oxygens (including phenoxy) is 1. The minimum Gasteiger partial charge on any atom is -0.492 e. The molecule has 94 valence electrons. The van der Waals surface area contributed by atoms with Crippen molar-refractivity contribution in [3.05, 3.63) is 29.3 Å². The Hall–Kier alpha value is -1.06. The van der Waals surface area contributed by atoms with Crippen LogP contribution in [0.25, 0.3) is 0 Å². The monoisotopic (exact) mass is 234 g/mol. The van der Waals surface area contributed by atoms with Crippen molar-refractivity contribution in [1.82, 2.24) is 4.90 Å². The summed E-state index contributed by atoms with van der Waals surface area (Å²) >= 11 is 0. The van der Waals surface area contributed by atoms with Crippen LogP contribution >= 0.6 is 0 Å². The van der Waals surface area contributed by atoms with E-state index >= 15 is 0 Å². The first-order chi connectivity index (χ1) is 8.16. The first kappa shape index (κ1) is 12.4. The highest BCUT2D eigenvalue weighted by Crippen LogP contribution is 2.22. The summed E-state index contributed by atoms with van der Waals surface area (Å²) in [5, 5.41) is 0. The maximum atomic E-state index is 5.88. The number of para-hydroxylation sites is 1. The average Bonchev–Trinajstić information content (AvgIpc) is 2.69. The molecule has 0 amide bonds. The Balaban J connectivity index is 1.82. The molecule has 1 aliphatic rings. The zero-order chi connectivity index (χ0) is 12.3. The summed E-state index contributed by atoms with van der Waals surface area (Å²) in [6.45, 7) is 8.02. The third-order valence-corrected chi connectivity index (χ3v) is 3.37. The second-order valence-electron chi connectivity index (χ2n) is 4.92. The summed E-state index contributed by atoms with van der Waals surface area (Å²) in [5.74, 6) is 1.04. The lowest BCUT2D eigenvalue weighted by molar-refractivity contribution is 0.234. The number of nitrogens with two attached hydrogens (primary N) is 1. The second-order valence-corrected chi connectivity index (χ2v) is 4.92. The quantitative estimate of drug-likeness (QED) is 0.862. The highest BCUT2D eigenvalue weighted by molar-refractivity contribution is 5.39.